The lowest BCUT2D eigenvalue weighted by molar-refractivity contribution is 0.114. The van der Waals surface area contributed by atoms with E-state index in [1.165, 1.54) is 5.56 Å². The second-order valence-corrected chi connectivity index (χ2v) is 5.65. The number of hydrogen-bond donors (Lipinski definition) is 1. The van der Waals surface area contributed by atoms with Crippen molar-refractivity contribution in [2.75, 3.05) is 41.0 Å². The quantitative estimate of drug-likeness (QED) is 0.455. The molecule has 1 N–H and O–H groups in total. The van der Waals surface area contributed by atoms with Crippen molar-refractivity contribution in [2.45, 2.75) is 20.4 Å². The Kier molecular flexibility index (Phi) is 8.36. The third-order valence-electron chi connectivity index (χ3n) is 3.13. The molecular formula is C17H29N3O2. The molecule has 0 aromatic heterocycles. The molecule has 0 amide bonds. The first-order valence-electron chi connectivity index (χ1n) is 7.69. The molecule has 0 unspecified atom stereocenters. The maximum Gasteiger partial charge on any atom is 0.193 e. The number of nitrogens with one attached hydrogen (secondary N) is 1. The van der Waals surface area contributed by atoms with Crippen molar-refractivity contribution in [3.63, 3.8) is 0 Å². The lowest BCUT2D eigenvalue weighted by atomic mass is 10.2. The number of hydrogen-bond acceptors (Lipinski definition) is 3. The van der Waals surface area contributed by atoms with Crippen molar-refractivity contribution in [1.82, 2.24) is 10.2 Å². The van der Waals surface area contributed by atoms with Gasteiger partial charge in [-0.05, 0) is 23.6 Å². The second-order valence-electron chi connectivity index (χ2n) is 5.65. The van der Waals surface area contributed by atoms with Gasteiger partial charge >= 0.3 is 0 Å². The summed E-state index contributed by atoms with van der Waals surface area (Å²) in [5.74, 6) is 2.30. The van der Waals surface area contributed by atoms with Gasteiger partial charge in [0.15, 0.2) is 5.96 Å². The van der Waals surface area contributed by atoms with E-state index in [9.17, 15) is 0 Å². The smallest absolute Gasteiger partial charge is 0.193 e. The number of nitrogens with zero attached hydrogens (tertiary/aromatic N) is 2. The Hall–Kier alpha value is -1.75. The zero-order valence-electron chi connectivity index (χ0n) is 14.4. The third-order valence-corrected chi connectivity index (χ3v) is 3.13. The van der Waals surface area contributed by atoms with E-state index in [1.807, 2.05) is 19.2 Å². The minimum Gasteiger partial charge on any atom is -0.497 e. The fourth-order valence-electron chi connectivity index (χ4n) is 2.02. The summed E-state index contributed by atoms with van der Waals surface area (Å²) in [6.45, 7) is 7.32. The largest absolute Gasteiger partial charge is 0.497 e. The van der Waals surface area contributed by atoms with Gasteiger partial charge in [-0.2, -0.15) is 0 Å². The highest BCUT2D eigenvalue weighted by atomic mass is 16.5. The molecule has 0 aliphatic carbocycles. The van der Waals surface area contributed by atoms with E-state index in [-0.39, 0.29) is 0 Å². The Bertz CT molecular complexity index is 444. The van der Waals surface area contributed by atoms with Gasteiger partial charge in [-0.25, -0.2) is 0 Å². The van der Waals surface area contributed by atoms with Crippen LogP contribution < -0.4 is 10.1 Å². The van der Waals surface area contributed by atoms with Crippen molar-refractivity contribution < 1.29 is 9.47 Å². The van der Waals surface area contributed by atoms with Gasteiger partial charge in [-0.1, -0.05) is 26.0 Å². The van der Waals surface area contributed by atoms with Crippen LogP contribution >= 0.6 is 0 Å². The highest BCUT2D eigenvalue weighted by molar-refractivity contribution is 5.79. The summed E-state index contributed by atoms with van der Waals surface area (Å²) in [5.41, 5.74) is 1.21. The van der Waals surface area contributed by atoms with Crippen LogP contribution in [0.3, 0.4) is 0 Å². The zero-order chi connectivity index (χ0) is 16.4. The van der Waals surface area contributed by atoms with Crippen LogP contribution in [0.1, 0.15) is 19.4 Å². The summed E-state index contributed by atoms with van der Waals surface area (Å²) in [6.07, 6.45) is 0. The predicted octanol–water partition coefficient (Wildman–Crippen LogP) is 2.38. The van der Waals surface area contributed by atoms with E-state index in [1.54, 1.807) is 14.2 Å². The van der Waals surface area contributed by atoms with Crippen LogP contribution in [0.4, 0.5) is 0 Å². The molecule has 0 saturated carbocycles. The van der Waals surface area contributed by atoms with E-state index < -0.39 is 0 Å². The van der Waals surface area contributed by atoms with E-state index >= 15 is 0 Å². The van der Waals surface area contributed by atoms with Gasteiger partial charge < -0.3 is 19.7 Å². The molecule has 1 rings (SSSR count). The Labute approximate surface area is 134 Å². The molecule has 1 aromatic rings. The first-order chi connectivity index (χ1) is 10.6. The lowest BCUT2D eigenvalue weighted by Crippen LogP contribution is -2.40. The van der Waals surface area contributed by atoms with Gasteiger partial charge in [-0.3, -0.25) is 4.99 Å². The molecule has 22 heavy (non-hydrogen) atoms. The van der Waals surface area contributed by atoms with E-state index in [4.69, 9.17) is 9.47 Å². The molecule has 0 heterocycles. The first-order valence-corrected chi connectivity index (χ1v) is 7.69. The molecule has 0 saturated heterocycles. The standard InChI is InChI=1S/C17H29N3O2/c1-14(2)13-22-11-10-19-17(18-3)20(4)12-15-6-8-16(21-5)9-7-15/h6-9,14H,10-13H2,1-5H3,(H,18,19). The van der Waals surface area contributed by atoms with Crippen LogP contribution in [0, 0.1) is 5.92 Å². The molecule has 0 aliphatic rings. The zero-order valence-corrected chi connectivity index (χ0v) is 14.4. The van der Waals surface area contributed by atoms with Crippen LogP contribution in [0.2, 0.25) is 0 Å². The highest BCUT2D eigenvalue weighted by Crippen LogP contribution is 2.12. The van der Waals surface area contributed by atoms with Crippen molar-refractivity contribution in [2.24, 2.45) is 10.9 Å². The number of aliphatic imine (C=N–C) groups is 1. The minimum atomic E-state index is 0.567. The lowest BCUT2D eigenvalue weighted by Gasteiger charge is -2.22. The van der Waals surface area contributed by atoms with Gasteiger partial charge in [0, 0.05) is 33.8 Å². The maximum atomic E-state index is 5.56. The number of rotatable bonds is 8. The number of ether oxygens (including phenoxy) is 2. The Morgan fingerprint density at radius 1 is 1.27 bits per heavy atom. The molecule has 0 bridgehead atoms. The molecule has 0 spiro atoms. The summed E-state index contributed by atoms with van der Waals surface area (Å²) in [5, 5.41) is 3.31. The van der Waals surface area contributed by atoms with Crippen molar-refractivity contribution in [1.29, 1.82) is 0 Å². The summed E-state index contributed by atoms with van der Waals surface area (Å²) in [4.78, 5) is 6.39. The van der Waals surface area contributed by atoms with Gasteiger partial charge in [0.25, 0.3) is 0 Å². The fraction of sp³-hybridized carbons (Fsp3) is 0.588. The number of methoxy groups -OCH3 is 1. The van der Waals surface area contributed by atoms with Crippen molar-refractivity contribution in [3.05, 3.63) is 29.8 Å². The molecule has 0 fully saturated rings. The predicted molar refractivity (Wildman–Crippen MR) is 91.5 cm³/mol. The molecule has 0 radical (unpaired) electrons. The molecule has 5 nitrogen and oxygen atoms in total. The van der Waals surface area contributed by atoms with Crippen molar-refractivity contribution >= 4 is 5.96 Å². The minimum absolute atomic E-state index is 0.567. The molecule has 1 aromatic carbocycles. The summed E-state index contributed by atoms with van der Waals surface area (Å²) in [6, 6.07) is 8.07. The molecule has 124 valence electrons. The molecular weight excluding hydrogens is 278 g/mol. The van der Waals surface area contributed by atoms with Gasteiger partial charge in [0.05, 0.1) is 13.7 Å². The van der Waals surface area contributed by atoms with Gasteiger partial charge in [0.2, 0.25) is 0 Å². The average Bonchev–Trinajstić information content (AvgIpc) is 2.51. The van der Waals surface area contributed by atoms with Gasteiger partial charge in [0.1, 0.15) is 5.75 Å². The van der Waals surface area contributed by atoms with Crippen LogP contribution in [0.15, 0.2) is 29.3 Å². The average molecular weight is 307 g/mol. The molecule has 0 atom stereocenters. The summed E-state index contributed by atoms with van der Waals surface area (Å²) in [7, 11) is 5.49. The Morgan fingerprint density at radius 3 is 2.50 bits per heavy atom. The van der Waals surface area contributed by atoms with Crippen LogP contribution in [-0.4, -0.2) is 51.8 Å². The van der Waals surface area contributed by atoms with E-state index in [0.29, 0.717) is 12.5 Å². The first kappa shape index (κ1) is 18.3. The monoisotopic (exact) mass is 307 g/mol. The normalized spacial score (nSPS) is 11.6. The summed E-state index contributed by atoms with van der Waals surface area (Å²) >= 11 is 0. The van der Waals surface area contributed by atoms with E-state index in [2.05, 4.69) is 41.2 Å². The number of benzene rings is 1. The highest BCUT2D eigenvalue weighted by Gasteiger charge is 2.06. The number of guanidine groups is 1. The van der Waals surface area contributed by atoms with E-state index in [0.717, 1.165) is 31.4 Å². The molecule has 5 heteroatoms. The summed E-state index contributed by atoms with van der Waals surface area (Å²) < 4.78 is 10.7. The molecule has 0 aliphatic heterocycles. The topological polar surface area (TPSA) is 46.1 Å². The Morgan fingerprint density at radius 2 is 1.95 bits per heavy atom. The van der Waals surface area contributed by atoms with Crippen LogP contribution in [0.25, 0.3) is 0 Å². The SMILES string of the molecule is CN=C(NCCOCC(C)C)N(C)Cc1ccc(OC)cc1. The van der Waals surface area contributed by atoms with Crippen molar-refractivity contribution in [3.8, 4) is 5.75 Å². The van der Waals surface area contributed by atoms with Crippen LogP contribution in [-0.2, 0) is 11.3 Å². The second kappa shape index (κ2) is 10.1. The maximum absolute atomic E-state index is 5.56. The Balaban J connectivity index is 2.38. The van der Waals surface area contributed by atoms with Gasteiger partial charge in [-0.15, -0.1) is 0 Å². The third kappa shape index (κ3) is 6.80. The fourth-order valence-corrected chi connectivity index (χ4v) is 2.02. The van der Waals surface area contributed by atoms with Crippen LogP contribution in [0.5, 0.6) is 5.75 Å².